The molecule has 12 aromatic rings. The van der Waals surface area contributed by atoms with Crippen molar-refractivity contribution in [1.29, 1.82) is 0 Å². The van der Waals surface area contributed by atoms with E-state index in [2.05, 4.69) is 155 Å². The van der Waals surface area contributed by atoms with Crippen molar-refractivity contribution in [3.05, 3.63) is 274 Å². The highest BCUT2D eigenvalue weighted by molar-refractivity contribution is 9.10. The normalized spacial score (nSPS) is 23.7. The summed E-state index contributed by atoms with van der Waals surface area (Å²) in [5.41, 5.74) is 25.9. The first kappa shape index (κ1) is 97.6. The minimum Gasteiger partial charge on any atom is -0.350 e. The van der Waals surface area contributed by atoms with Crippen molar-refractivity contribution in [2.75, 3.05) is 26.2 Å². The first-order valence-electron chi connectivity index (χ1n) is 50.1. The Labute approximate surface area is 874 Å². The number of nitrogens with one attached hydrogen (secondary N) is 4. The van der Waals surface area contributed by atoms with Crippen LogP contribution in [0.15, 0.2) is 150 Å². The summed E-state index contributed by atoms with van der Waals surface area (Å²) in [6.45, 7) is 26.2. The number of carbonyl (C=O) groups is 4. The van der Waals surface area contributed by atoms with E-state index in [-0.39, 0.29) is 23.6 Å². The molecule has 26 heteroatoms. The maximum atomic E-state index is 13.5. The number of aromatic nitrogens is 8. The lowest BCUT2D eigenvalue weighted by molar-refractivity contribution is -0.103. The van der Waals surface area contributed by atoms with Crippen LogP contribution in [0.3, 0.4) is 0 Å². The molecular weight excluding hydrogens is 2000 g/mol. The fraction of sp³-hybridized carbons (Fsp3) is 0.439. The van der Waals surface area contributed by atoms with E-state index in [0.717, 1.165) is 183 Å². The lowest BCUT2D eigenvalue weighted by Crippen LogP contribution is -2.54. The zero-order valence-corrected chi connectivity index (χ0v) is 89.1. The molecule has 16 aliphatic rings. The second kappa shape index (κ2) is 38.2. The topological polar surface area (TPSA) is 188 Å². The van der Waals surface area contributed by atoms with Crippen LogP contribution in [0, 0.1) is 107 Å². The van der Waals surface area contributed by atoms with Gasteiger partial charge in [-0.1, -0.05) is 235 Å². The first-order chi connectivity index (χ1) is 66.9. The summed E-state index contributed by atoms with van der Waals surface area (Å²) in [6, 6.07) is 46.7. The fourth-order valence-electron chi connectivity index (χ4n) is 27.3. The number of rotatable bonds is 16. The van der Waals surface area contributed by atoms with Gasteiger partial charge in [-0.15, -0.1) is 0 Å². The van der Waals surface area contributed by atoms with Crippen molar-refractivity contribution in [3.8, 4) is 67.8 Å². The Kier molecular flexibility index (Phi) is 26.6. The summed E-state index contributed by atoms with van der Waals surface area (Å²) >= 11 is 61.0. The zero-order valence-electron chi connectivity index (χ0n) is 80.7. The van der Waals surface area contributed by atoms with Gasteiger partial charge in [0.2, 0.25) is 0 Å². The van der Waals surface area contributed by atoms with Crippen LogP contribution in [-0.4, -0.2) is 88.9 Å². The van der Waals surface area contributed by atoms with Crippen molar-refractivity contribution >= 4 is 144 Å². The maximum Gasteiger partial charge on any atom is 0.272 e. The number of fused-ring (bicyclic) bond motifs is 20. The van der Waals surface area contributed by atoms with Crippen molar-refractivity contribution < 1.29 is 19.2 Å². The second-order valence-corrected chi connectivity index (χ2v) is 49.0. The number of nitrogens with zero attached hydrogens (tertiary/aromatic N) is 8. The van der Waals surface area contributed by atoms with Crippen LogP contribution in [0.5, 0.6) is 0 Å². The molecule has 12 atom stereocenters. The van der Waals surface area contributed by atoms with Gasteiger partial charge in [0.1, 0.15) is 0 Å². The third kappa shape index (κ3) is 17.7. The van der Waals surface area contributed by atoms with E-state index in [9.17, 15) is 19.2 Å². The summed E-state index contributed by atoms with van der Waals surface area (Å²) in [6.07, 6.45) is 21.6. The molecule has 4 heterocycles. The van der Waals surface area contributed by atoms with Gasteiger partial charge in [-0.2, -0.15) is 20.4 Å². The summed E-state index contributed by atoms with van der Waals surface area (Å²) in [5, 5.41) is 37.5. The third-order valence-corrected chi connectivity index (χ3v) is 38.6. The molecule has 8 bridgehead atoms. The monoisotopic (exact) mass is 2110 g/mol. The highest BCUT2D eigenvalue weighted by Gasteiger charge is 2.58. The van der Waals surface area contributed by atoms with E-state index < -0.39 is 0 Å². The molecule has 4 amide bonds. The molecule has 12 unspecified atom stereocenters. The van der Waals surface area contributed by atoms with E-state index in [0.29, 0.717) is 156 Å². The lowest BCUT2D eigenvalue weighted by atomic mass is 9.45. The molecule has 0 saturated heterocycles. The Bertz CT molecular complexity index is 6190. The van der Waals surface area contributed by atoms with Gasteiger partial charge in [0.05, 0.1) is 65.6 Å². The average Bonchev–Trinajstić information content (AvgIpc) is 1.54. The Morgan fingerprint density at radius 1 is 0.307 bits per heavy atom. The number of hydrogen-bond donors (Lipinski definition) is 4. The van der Waals surface area contributed by atoms with Gasteiger partial charge in [-0.25, -0.2) is 18.7 Å². The summed E-state index contributed by atoms with van der Waals surface area (Å²) in [7, 11) is 0. The minimum atomic E-state index is -0.109. The third-order valence-electron chi connectivity index (χ3n) is 35.7. The van der Waals surface area contributed by atoms with E-state index in [4.69, 9.17) is 125 Å². The van der Waals surface area contributed by atoms with Crippen LogP contribution in [0.1, 0.15) is 230 Å². The van der Waals surface area contributed by atoms with Crippen LogP contribution in [0.4, 0.5) is 0 Å². The fourth-order valence-corrected chi connectivity index (χ4v) is 29.9. The number of carbonyl (C=O) groups excluding carboxylic acids is 4. The van der Waals surface area contributed by atoms with Crippen molar-refractivity contribution in [1.82, 2.24) is 60.4 Å². The number of aryl methyl sites for hydroxylation is 6. The smallest absolute Gasteiger partial charge is 0.272 e. The van der Waals surface area contributed by atoms with Gasteiger partial charge in [-0.05, 0) is 354 Å². The van der Waals surface area contributed by atoms with Crippen LogP contribution in [-0.2, 0) is 51.4 Å². The largest absolute Gasteiger partial charge is 0.350 e. The van der Waals surface area contributed by atoms with Gasteiger partial charge >= 0.3 is 0 Å². The Balaban J connectivity index is 0.000000111. The first-order valence-corrected chi connectivity index (χ1v) is 54.3. The molecule has 28 rings (SSSR count). The zero-order chi connectivity index (χ0) is 97.9. The molecule has 4 aromatic heterocycles. The standard InChI is InChI=1S/2C29H31Cl2N3O.C28H28BrCl2N3O.C28H28Cl3N3O/c2*1-16-4-9-21-17(12-16)6-10-22-26(33-34(27(21)22)25-11-8-20(30)14-24(25)31)28(35)32-15-18-5-7-19-13-23(18)29(19,2)3;2*1-28(2)17-5-3-16(22(28)12-17)14-32-27(35)25-21-8-4-15-11-18(29)6-9-20(15)26(21)34(33-25)24-10-7-19(30)13-23(24)31/h2*4,8-9,11-12,14,18-19,23H,5-7,10,13,15H2,1-3H3,(H,32,35);2*6-7,9-11,13,16-17,22H,3-5,8,12,14H2,1-2H3,(H,32,35). The maximum absolute atomic E-state index is 13.5. The molecule has 8 aromatic carbocycles. The molecule has 0 radical (unpaired) electrons. The van der Waals surface area contributed by atoms with Crippen LogP contribution in [0.2, 0.25) is 45.2 Å². The van der Waals surface area contributed by atoms with Gasteiger partial charge in [0.15, 0.2) is 22.8 Å². The average molecular weight is 2120 g/mol. The number of amides is 4. The molecule has 16 nitrogen and oxygen atoms in total. The highest BCUT2D eigenvalue weighted by Crippen LogP contribution is 2.65. The van der Waals surface area contributed by atoms with Crippen molar-refractivity contribution in [3.63, 3.8) is 0 Å². The van der Waals surface area contributed by atoms with Crippen molar-refractivity contribution in [2.24, 2.45) is 92.7 Å². The number of hydrogen-bond acceptors (Lipinski definition) is 8. The van der Waals surface area contributed by atoms with Crippen molar-refractivity contribution in [2.45, 2.75) is 198 Å². The molecule has 16 aliphatic carbocycles. The molecular formula is C114H118BrCl9N12O4. The molecule has 4 N–H and O–H groups in total. The quantitative estimate of drug-likeness (QED) is 0.0735. The van der Waals surface area contributed by atoms with Crippen LogP contribution >= 0.6 is 120 Å². The molecule has 12 saturated carbocycles. The minimum absolute atomic E-state index is 0.0834. The predicted octanol–water partition coefficient (Wildman–Crippen LogP) is 29.0. The molecule has 0 aliphatic heterocycles. The number of halogens is 10. The van der Waals surface area contributed by atoms with E-state index in [1.807, 2.05) is 74.7 Å². The van der Waals surface area contributed by atoms with Crippen LogP contribution < -0.4 is 21.3 Å². The molecule has 728 valence electrons. The molecule has 12 fully saturated rings. The summed E-state index contributed by atoms with van der Waals surface area (Å²) in [5.74, 6) is 8.02. The lowest BCUT2D eigenvalue weighted by Gasteiger charge is -2.60. The SMILES string of the molecule is CC1(C)C2CCC(CNC(=O)c3nn(-c4ccc(Cl)cc4Cl)c4c3CCc3cc(Br)ccc3-4)C1C2.CC1(C)C2CCC(CNC(=O)c3nn(-c4ccc(Cl)cc4Cl)c4c3CCc3cc(Cl)ccc3-4)C1C2.Cc1ccc2c(c1)CCc1c(C(=O)NCC3CCC4CC3C4(C)C)nn(-c3ccc(Cl)cc3Cl)c1-2.Cc1ccc2c(c1)CCc1c(C(=O)NCC3CCC4CC3C4(C)C)nn(-c3ccc(Cl)cc3Cl)c1-2. The Morgan fingerprint density at radius 3 is 0.800 bits per heavy atom. The van der Waals surface area contributed by atoms with Crippen LogP contribution in [0.25, 0.3) is 67.8 Å². The van der Waals surface area contributed by atoms with Gasteiger partial charge < -0.3 is 21.3 Å². The Morgan fingerprint density at radius 2 is 0.543 bits per heavy atom. The van der Waals surface area contributed by atoms with E-state index >= 15 is 0 Å². The summed E-state index contributed by atoms with van der Waals surface area (Å²) < 4.78 is 8.36. The van der Waals surface area contributed by atoms with E-state index in [1.165, 1.54) is 105 Å². The predicted molar refractivity (Wildman–Crippen MR) is 570 cm³/mol. The summed E-state index contributed by atoms with van der Waals surface area (Å²) in [4.78, 5) is 54.2. The van der Waals surface area contributed by atoms with Gasteiger partial charge in [-0.3, -0.25) is 19.2 Å². The molecule has 140 heavy (non-hydrogen) atoms. The van der Waals surface area contributed by atoms with Gasteiger partial charge in [0.25, 0.3) is 23.6 Å². The second-order valence-electron chi connectivity index (χ2n) is 44.3. The van der Waals surface area contributed by atoms with E-state index in [1.54, 1.807) is 41.1 Å². The molecule has 0 spiro atoms. The van der Waals surface area contributed by atoms with Gasteiger partial charge in [0, 0.05) is 100 Å². The number of benzene rings is 8. The highest BCUT2D eigenvalue weighted by atomic mass is 79.9. The Hall–Kier alpha value is -8.43.